The van der Waals surface area contributed by atoms with E-state index in [0.717, 1.165) is 0 Å². The van der Waals surface area contributed by atoms with E-state index in [9.17, 15) is 4.79 Å². The number of hydrogen-bond acceptors (Lipinski definition) is 3. The van der Waals surface area contributed by atoms with Gasteiger partial charge in [-0.05, 0) is 31.2 Å². The van der Waals surface area contributed by atoms with Gasteiger partial charge >= 0.3 is 5.97 Å². The minimum Gasteiger partial charge on any atom is -0.498 e. The van der Waals surface area contributed by atoms with Crippen LogP contribution in [0.5, 0.6) is 0 Å². The number of rotatable bonds is 5. The highest BCUT2D eigenvalue weighted by Crippen LogP contribution is 2.10. The molecule has 0 bridgehead atoms. The van der Waals surface area contributed by atoms with E-state index in [4.69, 9.17) is 21.1 Å². The number of halogens is 1. The second-order valence-corrected chi connectivity index (χ2v) is 3.42. The number of carbonyl (C=O) groups excluding carboxylic acids is 1. The second kappa shape index (κ2) is 6.90. The maximum absolute atomic E-state index is 11.4. The van der Waals surface area contributed by atoms with Crippen LogP contribution in [-0.4, -0.2) is 19.2 Å². The van der Waals surface area contributed by atoms with Gasteiger partial charge in [-0.25, -0.2) is 4.79 Å². The summed E-state index contributed by atoms with van der Waals surface area (Å²) in [5.41, 5.74) is 0.482. The molecule has 3 nitrogen and oxygen atoms in total. The Morgan fingerprint density at radius 3 is 2.62 bits per heavy atom. The number of carbonyl (C=O) groups is 1. The highest BCUT2D eigenvalue weighted by molar-refractivity contribution is 6.30. The summed E-state index contributed by atoms with van der Waals surface area (Å²) < 4.78 is 9.98. The number of hydrogen-bond donors (Lipinski definition) is 0. The van der Waals surface area contributed by atoms with E-state index in [2.05, 4.69) is 0 Å². The maximum atomic E-state index is 11.4. The average molecular weight is 241 g/mol. The minimum atomic E-state index is -0.374. The van der Waals surface area contributed by atoms with Crippen molar-refractivity contribution in [3.63, 3.8) is 0 Å². The fourth-order valence-electron chi connectivity index (χ4n) is 1.02. The van der Waals surface area contributed by atoms with Gasteiger partial charge in [0.15, 0.2) is 0 Å². The van der Waals surface area contributed by atoms with Gasteiger partial charge in [0.05, 0.1) is 11.8 Å². The van der Waals surface area contributed by atoms with Gasteiger partial charge < -0.3 is 9.47 Å². The molecule has 0 spiro atoms. The van der Waals surface area contributed by atoms with Gasteiger partial charge in [-0.2, -0.15) is 0 Å². The first-order chi connectivity index (χ1) is 7.74. The third-order valence-corrected chi connectivity index (χ3v) is 2.00. The summed E-state index contributed by atoms with van der Waals surface area (Å²) in [6, 6.07) is 6.54. The highest BCUT2D eigenvalue weighted by Gasteiger charge is 2.05. The summed E-state index contributed by atoms with van der Waals surface area (Å²) in [6.07, 6.45) is 3.32. The lowest BCUT2D eigenvalue weighted by molar-refractivity contribution is 0.0420. The predicted molar refractivity (Wildman–Crippen MR) is 62.5 cm³/mol. The zero-order chi connectivity index (χ0) is 11.8. The first kappa shape index (κ1) is 12.6. The van der Waals surface area contributed by atoms with E-state index < -0.39 is 0 Å². The minimum absolute atomic E-state index is 0.228. The van der Waals surface area contributed by atoms with Gasteiger partial charge in [0.1, 0.15) is 13.2 Å². The van der Waals surface area contributed by atoms with Crippen LogP contribution in [0.25, 0.3) is 0 Å². The first-order valence-electron chi connectivity index (χ1n) is 4.89. The molecule has 0 fully saturated rings. The standard InChI is InChI=1S/C12H13ClO3/c1-2-7-15-8-9-16-12(14)10-3-5-11(13)6-4-10/h2-7H,8-9H2,1H3. The number of benzene rings is 1. The van der Waals surface area contributed by atoms with E-state index in [-0.39, 0.29) is 12.6 Å². The lowest BCUT2D eigenvalue weighted by atomic mass is 10.2. The van der Waals surface area contributed by atoms with Crippen LogP contribution in [0, 0.1) is 0 Å². The smallest absolute Gasteiger partial charge is 0.338 e. The van der Waals surface area contributed by atoms with Crippen molar-refractivity contribution in [1.29, 1.82) is 0 Å². The predicted octanol–water partition coefficient (Wildman–Crippen LogP) is 3.05. The molecule has 0 aliphatic carbocycles. The van der Waals surface area contributed by atoms with Gasteiger partial charge in [0, 0.05) is 5.02 Å². The monoisotopic (exact) mass is 240 g/mol. The molecule has 0 heterocycles. The molecule has 0 aliphatic heterocycles. The van der Waals surface area contributed by atoms with Crippen LogP contribution in [0.3, 0.4) is 0 Å². The molecule has 1 aromatic rings. The molecule has 1 rings (SSSR count). The Balaban J connectivity index is 2.32. The summed E-state index contributed by atoms with van der Waals surface area (Å²) >= 11 is 5.70. The first-order valence-corrected chi connectivity index (χ1v) is 5.27. The normalized spacial score (nSPS) is 10.4. The molecule has 0 saturated carbocycles. The number of ether oxygens (including phenoxy) is 2. The molecule has 4 heteroatoms. The van der Waals surface area contributed by atoms with Crippen LogP contribution < -0.4 is 0 Å². The molecular formula is C12H13ClO3. The van der Waals surface area contributed by atoms with Gasteiger partial charge in [-0.15, -0.1) is 0 Å². The zero-order valence-electron chi connectivity index (χ0n) is 8.98. The highest BCUT2D eigenvalue weighted by atomic mass is 35.5. The topological polar surface area (TPSA) is 35.5 Å². The Kier molecular flexibility index (Phi) is 5.43. The molecule has 0 saturated heterocycles. The SMILES string of the molecule is CC=COCCOC(=O)c1ccc(Cl)cc1. The van der Waals surface area contributed by atoms with Crippen LogP contribution >= 0.6 is 11.6 Å². The molecule has 0 unspecified atom stereocenters. The molecule has 0 radical (unpaired) electrons. The van der Waals surface area contributed by atoms with E-state index in [1.807, 2.05) is 6.92 Å². The average Bonchev–Trinajstić information content (AvgIpc) is 2.29. The lowest BCUT2D eigenvalue weighted by Gasteiger charge is -2.04. The van der Waals surface area contributed by atoms with Gasteiger partial charge in [0.25, 0.3) is 0 Å². The largest absolute Gasteiger partial charge is 0.498 e. The summed E-state index contributed by atoms with van der Waals surface area (Å²) in [7, 11) is 0. The molecule has 0 aliphatic rings. The molecule has 16 heavy (non-hydrogen) atoms. The Hall–Kier alpha value is -1.48. The van der Waals surface area contributed by atoms with Crippen LogP contribution in [-0.2, 0) is 9.47 Å². The maximum Gasteiger partial charge on any atom is 0.338 e. The van der Waals surface area contributed by atoms with Crippen molar-refractivity contribution in [3.8, 4) is 0 Å². The molecule has 0 atom stereocenters. The van der Waals surface area contributed by atoms with Gasteiger partial charge in [-0.1, -0.05) is 17.7 Å². The Bertz CT molecular complexity index is 357. The third kappa shape index (κ3) is 4.36. The van der Waals surface area contributed by atoms with Crippen LogP contribution in [0.15, 0.2) is 36.6 Å². The van der Waals surface area contributed by atoms with Crippen molar-refractivity contribution >= 4 is 17.6 Å². The quantitative estimate of drug-likeness (QED) is 0.451. The van der Waals surface area contributed by atoms with Crippen molar-refractivity contribution < 1.29 is 14.3 Å². The summed E-state index contributed by atoms with van der Waals surface area (Å²) in [6.45, 7) is 2.43. The third-order valence-electron chi connectivity index (χ3n) is 1.75. The van der Waals surface area contributed by atoms with Gasteiger partial charge in [-0.3, -0.25) is 0 Å². The van der Waals surface area contributed by atoms with Crippen molar-refractivity contribution in [1.82, 2.24) is 0 Å². The fourth-order valence-corrected chi connectivity index (χ4v) is 1.14. The van der Waals surface area contributed by atoms with Crippen LogP contribution in [0.4, 0.5) is 0 Å². The fraction of sp³-hybridized carbons (Fsp3) is 0.250. The molecule has 0 N–H and O–H groups in total. The van der Waals surface area contributed by atoms with Crippen LogP contribution in [0.1, 0.15) is 17.3 Å². The van der Waals surface area contributed by atoms with Gasteiger partial charge in [0.2, 0.25) is 0 Å². The van der Waals surface area contributed by atoms with E-state index >= 15 is 0 Å². The van der Waals surface area contributed by atoms with Crippen molar-refractivity contribution in [2.45, 2.75) is 6.92 Å². The molecule has 1 aromatic carbocycles. The zero-order valence-corrected chi connectivity index (χ0v) is 9.74. The van der Waals surface area contributed by atoms with E-state index in [1.165, 1.54) is 0 Å². The summed E-state index contributed by atoms with van der Waals surface area (Å²) in [4.78, 5) is 11.4. The molecule has 0 aromatic heterocycles. The molecule has 86 valence electrons. The Morgan fingerprint density at radius 2 is 2.00 bits per heavy atom. The van der Waals surface area contributed by atoms with Crippen molar-refractivity contribution in [2.75, 3.05) is 13.2 Å². The van der Waals surface area contributed by atoms with Crippen LogP contribution in [0.2, 0.25) is 5.02 Å². The lowest BCUT2D eigenvalue weighted by Crippen LogP contribution is -2.09. The molecule has 0 amide bonds. The second-order valence-electron chi connectivity index (χ2n) is 2.98. The summed E-state index contributed by atoms with van der Waals surface area (Å²) in [5, 5.41) is 0.591. The number of allylic oxidation sites excluding steroid dienone is 1. The number of esters is 1. The Labute approximate surface area is 99.6 Å². The van der Waals surface area contributed by atoms with Crippen molar-refractivity contribution in [2.24, 2.45) is 0 Å². The Morgan fingerprint density at radius 1 is 1.31 bits per heavy atom. The van der Waals surface area contributed by atoms with Crippen molar-refractivity contribution in [3.05, 3.63) is 47.2 Å². The van der Waals surface area contributed by atoms with E-state index in [1.54, 1.807) is 36.6 Å². The summed E-state index contributed by atoms with van der Waals surface area (Å²) in [5.74, 6) is -0.374. The van der Waals surface area contributed by atoms with E-state index in [0.29, 0.717) is 17.2 Å². The molecular weight excluding hydrogens is 228 g/mol.